The highest BCUT2D eigenvalue weighted by Crippen LogP contribution is 2.30. The Kier molecular flexibility index (Phi) is 3.93. The minimum absolute atomic E-state index is 0.0363. The lowest BCUT2D eigenvalue weighted by molar-refractivity contribution is -0.131. The molecule has 0 aliphatic carbocycles. The van der Waals surface area contributed by atoms with Crippen molar-refractivity contribution < 1.29 is 14.0 Å². The molecule has 0 bridgehead atoms. The monoisotopic (exact) mass is 376 g/mol. The third-order valence-electron chi connectivity index (χ3n) is 3.93. The van der Waals surface area contributed by atoms with Crippen LogP contribution in [0.25, 0.3) is 0 Å². The number of carbonyl (C=O) groups excluding carboxylic acids is 2. The standard InChI is InChI=1S/C17H14BrFN2O2/c1-17(12-5-7-13(18)8-6-12)15(22)21(16(23)20-17)10-11-3-2-4-14(19)9-11/h2-9H,10H2,1H3,(H,20,23)/t17-/m1/s1. The number of imide groups is 1. The number of rotatable bonds is 3. The van der Waals surface area contributed by atoms with Crippen LogP contribution in [0.1, 0.15) is 18.1 Å². The van der Waals surface area contributed by atoms with Crippen molar-refractivity contribution in [3.63, 3.8) is 0 Å². The second-order valence-corrected chi connectivity index (χ2v) is 6.50. The maximum atomic E-state index is 13.3. The van der Waals surface area contributed by atoms with Crippen LogP contribution in [-0.2, 0) is 16.9 Å². The molecule has 0 radical (unpaired) electrons. The van der Waals surface area contributed by atoms with Gasteiger partial charge in [0, 0.05) is 4.47 Å². The second-order valence-electron chi connectivity index (χ2n) is 5.58. The number of urea groups is 1. The Hall–Kier alpha value is -2.21. The molecule has 0 aromatic heterocycles. The average Bonchev–Trinajstić information content (AvgIpc) is 2.72. The first kappa shape index (κ1) is 15.7. The Morgan fingerprint density at radius 2 is 1.87 bits per heavy atom. The maximum Gasteiger partial charge on any atom is 0.325 e. The van der Waals surface area contributed by atoms with Gasteiger partial charge in [-0.25, -0.2) is 9.18 Å². The van der Waals surface area contributed by atoms with Gasteiger partial charge in [-0.3, -0.25) is 9.69 Å². The number of hydrogen-bond acceptors (Lipinski definition) is 2. The zero-order chi connectivity index (χ0) is 16.6. The summed E-state index contributed by atoms with van der Waals surface area (Å²) < 4.78 is 14.2. The quantitative estimate of drug-likeness (QED) is 0.832. The molecule has 1 aliphatic rings. The molecule has 1 aliphatic heterocycles. The third kappa shape index (κ3) is 2.86. The van der Waals surface area contributed by atoms with Crippen LogP contribution in [0.2, 0.25) is 0 Å². The van der Waals surface area contributed by atoms with E-state index in [-0.39, 0.29) is 12.5 Å². The highest BCUT2D eigenvalue weighted by atomic mass is 79.9. The highest BCUT2D eigenvalue weighted by molar-refractivity contribution is 9.10. The smallest absolute Gasteiger partial charge is 0.319 e. The number of hydrogen-bond donors (Lipinski definition) is 1. The molecule has 2 aromatic rings. The van der Waals surface area contributed by atoms with Gasteiger partial charge in [0.25, 0.3) is 5.91 Å². The van der Waals surface area contributed by atoms with Gasteiger partial charge in [-0.05, 0) is 42.3 Å². The Labute approximate surface area is 141 Å². The number of halogens is 2. The van der Waals surface area contributed by atoms with Crippen molar-refractivity contribution >= 4 is 27.9 Å². The molecule has 3 amide bonds. The lowest BCUT2D eigenvalue weighted by Crippen LogP contribution is -2.40. The van der Waals surface area contributed by atoms with E-state index in [1.807, 2.05) is 12.1 Å². The van der Waals surface area contributed by atoms with E-state index in [2.05, 4.69) is 21.2 Å². The van der Waals surface area contributed by atoms with E-state index in [0.29, 0.717) is 11.1 Å². The van der Waals surface area contributed by atoms with Crippen molar-refractivity contribution in [2.45, 2.75) is 19.0 Å². The fourth-order valence-electron chi connectivity index (χ4n) is 2.64. The first-order chi connectivity index (χ1) is 10.9. The molecule has 4 nitrogen and oxygen atoms in total. The van der Waals surface area contributed by atoms with Gasteiger partial charge in [0.15, 0.2) is 0 Å². The molecule has 118 valence electrons. The summed E-state index contributed by atoms with van der Waals surface area (Å²) >= 11 is 3.34. The molecule has 3 rings (SSSR count). The lowest BCUT2D eigenvalue weighted by atomic mass is 9.92. The summed E-state index contributed by atoms with van der Waals surface area (Å²) in [4.78, 5) is 26.1. The van der Waals surface area contributed by atoms with E-state index in [9.17, 15) is 14.0 Å². The summed E-state index contributed by atoms with van der Waals surface area (Å²) in [6.07, 6.45) is 0. The van der Waals surface area contributed by atoms with Crippen LogP contribution in [0, 0.1) is 5.82 Å². The molecule has 6 heteroatoms. The minimum atomic E-state index is -1.12. The van der Waals surface area contributed by atoms with E-state index in [1.54, 1.807) is 31.2 Å². The molecule has 0 saturated carbocycles. The summed E-state index contributed by atoms with van der Waals surface area (Å²) in [5.41, 5.74) is 0.139. The Bertz CT molecular complexity index is 778. The normalized spacial score (nSPS) is 20.7. The van der Waals surface area contributed by atoms with Crippen LogP contribution in [-0.4, -0.2) is 16.8 Å². The van der Waals surface area contributed by atoms with Gasteiger partial charge in [-0.1, -0.05) is 40.2 Å². The van der Waals surface area contributed by atoms with Gasteiger partial charge in [-0.15, -0.1) is 0 Å². The Morgan fingerprint density at radius 1 is 1.17 bits per heavy atom. The molecule has 0 spiro atoms. The molecule has 1 heterocycles. The maximum absolute atomic E-state index is 13.3. The molecule has 1 fully saturated rings. The fourth-order valence-corrected chi connectivity index (χ4v) is 2.90. The van der Waals surface area contributed by atoms with Gasteiger partial charge in [0.2, 0.25) is 0 Å². The molecule has 0 unspecified atom stereocenters. The van der Waals surface area contributed by atoms with E-state index >= 15 is 0 Å². The van der Waals surface area contributed by atoms with Crippen LogP contribution in [0.15, 0.2) is 53.0 Å². The number of nitrogens with zero attached hydrogens (tertiary/aromatic N) is 1. The third-order valence-corrected chi connectivity index (χ3v) is 4.45. The molecular weight excluding hydrogens is 363 g/mol. The molecule has 1 atom stereocenters. The van der Waals surface area contributed by atoms with Crippen molar-refractivity contribution in [3.05, 3.63) is 69.9 Å². The largest absolute Gasteiger partial charge is 0.325 e. The van der Waals surface area contributed by atoms with E-state index in [4.69, 9.17) is 0 Å². The lowest BCUT2D eigenvalue weighted by Gasteiger charge is -2.22. The van der Waals surface area contributed by atoms with Crippen LogP contribution < -0.4 is 5.32 Å². The first-order valence-corrected chi connectivity index (χ1v) is 7.84. The summed E-state index contributed by atoms with van der Waals surface area (Å²) in [5, 5.41) is 2.73. The number of carbonyl (C=O) groups is 2. The number of benzene rings is 2. The van der Waals surface area contributed by atoms with Gasteiger partial charge in [0.05, 0.1) is 6.54 Å². The van der Waals surface area contributed by atoms with Gasteiger partial charge >= 0.3 is 6.03 Å². The average molecular weight is 377 g/mol. The molecule has 2 aromatic carbocycles. The molecule has 1 N–H and O–H groups in total. The SMILES string of the molecule is C[C@]1(c2ccc(Br)cc2)NC(=O)N(Cc2cccc(F)c2)C1=O. The van der Waals surface area contributed by atoms with Crippen molar-refractivity contribution in [1.29, 1.82) is 0 Å². The zero-order valence-corrected chi connectivity index (χ0v) is 13.9. The first-order valence-electron chi connectivity index (χ1n) is 7.05. The van der Waals surface area contributed by atoms with E-state index in [1.165, 1.54) is 12.1 Å². The van der Waals surface area contributed by atoms with Crippen LogP contribution in [0.5, 0.6) is 0 Å². The summed E-state index contributed by atoms with van der Waals surface area (Å²) in [7, 11) is 0. The van der Waals surface area contributed by atoms with Crippen LogP contribution >= 0.6 is 15.9 Å². The summed E-state index contributed by atoms with van der Waals surface area (Å²) in [6, 6.07) is 12.6. The van der Waals surface area contributed by atoms with Gasteiger partial charge in [-0.2, -0.15) is 0 Å². The van der Waals surface area contributed by atoms with Crippen molar-refractivity contribution in [2.24, 2.45) is 0 Å². The molecular formula is C17H14BrFN2O2. The van der Waals surface area contributed by atoms with Crippen molar-refractivity contribution in [1.82, 2.24) is 10.2 Å². The van der Waals surface area contributed by atoms with E-state index < -0.39 is 17.4 Å². The topological polar surface area (TPSA) is 49.4 Å². The molecule has 1 saturated heterocycles. The number of amides is 3. The minimum Gasteiger partial charge on any atom is -0.319 e. The Morgan fingerprint density at radius 3 is 2.52 bits per heavy atom. The predicted octanol–water partition coefficient (Wildman–Crippen LogP) is 3.56. The predicted molar refractivity (Wildman–Crippen MR) is 87.0 cm³/mol. The van der Waals surface area contributed by atoms with Crippen LogP contribution in [0.3, 0.4) is 0 Å². The van der Waals surface area contributed by atoms with Crippen LogP contribution in [0.4, 0.5) is 9.18 Å². The fraction of sp³-hybridized carbons (Fsp3) is 0.176. The number of nitrogens with one attached hydrogen (secondary N) is 1. The highest BCUT2D eigenvalue weighted by Gasteiger charge is 2.48. The van der Waals surface area contributed by atoms with Crippen molar-refractivity contribution in [2.75, 3.05) is 0 Å². The van der Waals surface area contributed by atoms with E-state index in [0.717, 1.165) is 9.37 Å². The zero-order valence-electron chi connectivity index (χ0n) is 12.3. The second kappa shape index (κ2) is 5.77. The summed E-state index contributed by atoms with van der Waals surface area (Å²) in [6.45, 7) is 1.70. The van der Waals surface area contributed by atoms with Gasteiger partial charge in [0.1, 0.15) is 11.4 Å². The molecule has 23 heavy (non-hydrogen) atoms. The van der Waals surface area contributed by atoms with Gasteiger partial charge < -0.3 is 5.32 Å². The van der Waals surface area contributed by atoms with Crippen molar-refractivity contribution in [3.8, 4) is 0 Å². The summed E-state index contributed by atoms with van der Waals surface area (Å²) in [5.74, 6) is -0.751. The Balaban J connectivity index is 1.89.